The fraction of sp³-hybridized carbons (Fsp3) is 0.348. The highest BCUT2D eigenvalue weighted by Crippen LogP contribution is 2.16. The van der Waals surface area contributed by atoms with Crippen molar-refractivity contribution in [2.45, 2.75) is 20.0 Å². The first-order valence-electron chi connectivity index (χ1n) is 10.5. The van der Waals surface area contributed by atoms with Crippen molar-refractivity contribution < 1.29 is 9.53 Å². The Bertz CT molecular complexity index is 1140. The van der Waals surface area contributed by atoms with Gasteiger partial charge in [-0.1, -0.05) is 24.3 Å². The molecule has 3 aromatic rings. The SMILES string of the molecule is CCn1c(=O)c(N2CCN(C(=O)NCc3cccc(OC)c3)CC2)nc2ccccc21. The summed E-state index contributed by atoms with van der Waals surface area (Å²) in [5.41, 5.74) is 2.54. The fourth-order valence-corrected chi connectivity index (χ4v) is 3.89. The molecule has 2 amide bonds. The molecule has 0 radical (unpaired) electrons. The average molecular weight is 422 g/mol. The lowest BCUT2D eigenvalue weighted by Crippen LogP contribution is -2.53. The zero-order valence-electron chi connectivity index (χ0n) is 17.9. The average Bonchev–Trinajstić information content (AvgIpc) is 2.82. The molecule has 1 aliphatic rings. The Labute approximate surface area is 181 Å². The molecule has 8 nitrogen and oxygen atoms in total. The Morgan fingerprint density at radius 2 is 1.87 bits per heavy atom. The molecule has 0 aliphatic carbocycles. The second-order valence-electron chi connectivity index (χ2n) is 7.46. The van der Waals surface area contributed by atoms with Gasteiger partial charge in [0.15, 0.2) is 5.82 Å². The maximum absolute atomic E-state index is 13.0. The normalized spacial score (nSPS) is 14.0. The van der Waals surface area contributed by atoms with E-state index < -0.39 is 0 Å². The summed E-state index contributed by atoms with van der Waals surface area (Å²) in [5, 5.41) is 2.96. The van der Waals surface area contributed by atoms with Gasteiger partial charge in [-0.15, -0.1) is 0 Å². The molecule has 2 heterocycles. The van der Waals surface area contributed by atoms with E-state index in [2.05, 4.69) is 10.3 Å². The molecule has 0 unspecified atom stereocenters. The molecular formula is C23H27N5O3. The monoisotopic (exact) mass is 421 g/mol. The number of carbonyl (C=O) groups is 1. The number of aryl methyl sites for hydroxylation is 1. The van der Waals surface area contributed by atoms with Crippen LogP contribution in [0, 0.1) is 0 Å². The molecule has 0 spiro atoms. The van der Waals surface area contributed by atoms with Crippen molar-refractivity contribution in [1.29, 1.82) is 0 Å². The second-order valence-corrected chi connectivity index (χ2v) is 7.46. The highest BCUT2D eigenvalue weighted by molar-refractivity contribution is 5.77. The van der Waals surface area contributed by atoms with E-state index in [0.29, 0.717) is 45.1 Å². The predicted octanol–water partition coefficient (Wildman–Crippen LogP) is 2.46. The number of fused-ring (bicyclic) bond motifs is 1. The topological polar surface area (TPSA) is 79.7 Å². The lowest BCUT2D eigenvalue weighted by Gasteiger charge is -2.35. The molecular weight excluding hydrogens is 394 g/mol. The fourth-order valence-electron chi connectivity index (χ4n) is 3.89. The van der Waals surface area contributed by atoms with Crippen LogP contribution in [0.4, 0.5) is 10.6 Å². The van der Waals surface area contributed by atoms with E-state index in [4.69, 9.17) is 4.74 Å². The van der Waals surface area contributed by atoms with E-state index in [1.54, 1.807) is 16.6 Å². The molecule has 1 N–H and O–H groups in total. The third-order valence-electron chi connectivity index (χ3n) is 5.60. The summed E-state index contributed by atoms with van der Waals surface area (Å²) in [6.45, 7) is 5.18. The second kappa shape index (κ2) is 9.07. The molecule has 1 fully saturated rings. The number of anilines is 1. The van der Waals surface area contributed by atoms with Gasteiger partial charge in [-0.05, 0) is 36.8 Å². The predicted molar refractivity (Wildman–Crippen MR) is 121 cm³/mol. The van der Waals surface area contributed by atoms with Crippen molar-refractivity contribution in [3.05, 3.63) is 64.4 Å². The molecule has 2 aromatic carbocycles. The number of ether oxygens (including phenoxy) is 1. The quantitative estimate of drug-likeness (QED) is 0.685. The molecule has 1 aliphatic heterocycles. The van der Waals surface area contributed by atoms with E-state index in [1.807, 2.05) is 60.4 Å². The summed E-state index contributed by atoms with van der Waals surface area (Å²) in [6.07, 6.45) is 0. The number of benzene rings is 2. The standard InChI is InChI=1S/C23H27N5O3/c1-3-28-20-10-5-4-9-19(20)25-21(22(28)29)26-11-13-27(14-12-26)23(30)24-16-17-7-6-8-18(15-17)31-2/h4-10,15H,3,11-14,16H2,1-2H3,(H,24,30). The Morgan fingerprint density at radius 1 is 1.10 bits per heavy atom. The number of hydrogen-bond donors (Lipinski definition) is 1. The lowest BCUT2D eigenvalue weighted by molar-refractivity contribution is 0.193. The summed E-state index contributed by atoms with van der Waals surface area (Å²) in [5.74, 6) is 1.22. The van der Waals surface area contributed by atoms with Gasteiger partial charge in [0.2, 0.25) is 0 Å². The van der Waals surface area contributed by atoms with Gasteiger partial charge in [-0.25, -0.2) is 9.78 Å². The van der Waals surface area contributed by atoms with Gasteiger partial charge in [0.05, 0.1) is 18.1 Å². The van der Waals surface area contributed by atoms with E-state index in [1.165, 1.54) is 0 Å². The van der Waals surface area contributed by atoms with Crippen molar-refractivity contribution in [3.8, 4) is 5.75 Å². The highest BCUT2D eigenvalue weighted by atomic mass is 16.5. The number of rotatable bonds is 5. The van der Waals surface area contributed by atoms with Crippen LogP contribution in [0.2, 0.25) is 0 Å². The van der Waals surface area contributed by atoms with Crippen LogP contribution in [0.15, 0.2) is 53.3 Å². The largest absolute Gasteiger partial charge is 0.497 e. The number of amides is 2. The summed E-state index contributed by atoms with van der Waals surface area (Å²) >= 11 is 0. The zero-order valence-corrected chi connectivity index (χ0v) is 17.9. The molecule has 0 bridgehead atoms. The first kappa shape index (κ1) is 20.7. The van der Waals surface area contributed by atoms with Crippen LogP contribution in [-0.4, -0.2) is 53.8 Å². The Kier molecular flexibility index (Phi) is 6.06. The van der Waals surface area contributed by atoms with Gasteiger partial charge in [-0.2, -0.15) is 0 Å². The molecule has 162 valence electrons. The first-order valence-corrected chi connectivity index (χ1v) is 10.5. The maximum atomic E-state index is 13.0. The van der Waals surface area contributed by atoms with Gasteiger partial charge in [0.25, 0.3) is 5.56 Å². The summed E-state index contributed by atoms with van der Waals surface area (Å²) < 4.78 is 6.98. The van der Waals surface area contributed by atoms with Gasteiger partial charge >= 0.3 is 6.03 Å². The minimum absolute atomic E-state index is 0.0860. The minimum atomic E-state index is -0.111. The number of methoxy groups -OCH3 is 1. The number of piperazine rings is 1. The van der Waals surface area contributed by atoms with Gasteiger partial charge < -0.3 is 24.4 Å². The molecule has 1 saturated heterocycles. The summed E-state index contributed by atoms with van der Waals surface area (Å²) in [4.78, 5) is 34.0. The molecule has 31 heavy (non-hydrogen) atoms. The molecule has 4 rings (SSSR count). The van der Waals surface area contributed by atoms with Crippen molar-refractivity contribution in [3.63, 3.8) is 0 Å². The van der Waals surface area contributed by atoms with Crippen LogP contribution >= 0.6 is 0 Å². The van der Waals surface area contributed by atoms with Crippen LogP contribution in [0.25, 0.3) is 11.0 Å². The van der Waals surface area contributed by atoms with Gasteiger partial charge in [0.1, 0.15) is 5.75 Å². The number of nitrogens with one attached hydrogen (secondary N) is 1. The number of carbonyl (C=O) groups excluding carboxylic acids is 1. The Morgan fingerprint density at radius 3 is 2.61 bits per heavy atom. The van der Waals surface area contributed by atoms with Crippen LogP contribution < -0.4 is 20.5 Å². The smallest absolute Gasteiger partial charge is 0.317 e. The molecule has 0 atom stereocenters. The zero-order chi connectivity index (χ0) is 21.8. The van der Waals surface area contributed by atoms with E-state index in [0.717, 1.165) is 22.3 Å². The van der Waals surface area contributed by atoms with Crippen molar-refractivity contribution in [2.24, 2.45) is 0 Å². The maximum Gasteiger partial charge on any atom is 0.317 e. The van der Waals surface area contributed by atoms with Crippen LogP contribution in [0.1, 0.15) is 12.5 Å². The van der Waals surface area contributed by atoms with E-state index >= 15 is 0 Å². The number of urea groups is 1. The van der Waals surface area contributed by atoms with E-state index in [-0.39, 0.29) is 11.6 Å². The first-order chi connectivity index (χ1) is 15.1. The van der Waals surface area contributed by atoms with Crippen LogP contribution in [-0.2, 0) is 13.1 Å². The number of hydrogen-bond acceptors (Lipinski definition) is 5. The summed E-state index contributed by atoms with van der Waals surface area (Å²) in [7, 11) is 1.62. The minimum Gasteiger partial charge on any atom is -0.497 e. The molecule has 0 saturated carbocycles. The molecule has 8 heteroatoms. The van der Waals surface area contributed by atoms with Crippen molar-refractivity contribution in [1.82, 2.24) is 19.8 Å². The molecule has 1 aromatic heterocycles. The van der Waals surface area contributed by atoms with Gasteiger partial charge in [-0.3, -0.25) is 4.79 Å². The van der Waals surface area contributed by atoms with Crippen LogP contribution in [0.3, 0.4) is 0 Å². The highest BCUT2D eigenvalue weighted by Gasteiger charge is 2.24. The third kappa shape index (κ3) is 4.33. The van der Waals surface area contributed by atoms with Crippen molar-refractivity contribution >= 4 is 22.9 Å². The number of nitrogens with zero attached hydrogens (tertiary/aromatic N) is 4. The summed E-state index contributed by atoms with van der Waals surface area (Å²) in [6, 6.07) is 15.2. The van der Waals surface area contributed by atoms with Crippen molar-refractivity contribution in [2.75, 3.05) is 38.2 Å². The Balaban J connectivity index is 1.41. The number of aromatic nitrogens is 2. The van der Waals surface area contributed by atoms with Crippen LogP contribution in [0.5, 0.6) is 5.75 Å². The number of para-hydroxylation sites is 2. The third-order valence-corrected chi connectivity index (χ3v) is 5.60. The lowest BCUT2D eigenvalue weighted by atomic mass is 10.2. The van der Waals surface area contributed by atoms with E-state index in [9.17, 15) is 9.59 Å². The Hall–Kier alpha value is -3.55. The van der Waals surface area contributed by atoms with Gasteiger partial charge in [0, 0.05) is 39.3 Å².